The van der Waals surface area contributed by atoms with Crippen LogP contribution >= 0.6 is 11.6 Å². The molecular weight excluding hydrogens is 618 g/mol. The molecule has 0 spiro atoms. The molecule has 13 heteroatoms. The van der Waals surface area contributed by atoms with Crippen molar-refractivity contribution < 1.29 is 41.8 Å². The number of aldehydes is 1. The molecule has 2 aromatic carbocycles. The normalized spacial score (nSPS) is 21.9. The van der Waals surface area contributed by atoms with E-state index < -0.39 is 34.7 Å². The molecule has 238 valence electrons. The van der Waals surface area contributed by atoms with Gasteiger partial charge in [-0.05, 0) is 62.4 Å². The van der Waals surface area contributed by atoms with E-state index in [-0.39, 0.29) is 69.9 Å². The Bertz CT molecular complexity index is 1730. The van der Waals surface area contributed by atoms with Crippen molar-refractivity contribution in [1.29, 1.82) is 0 Å². The topological polar surface area (TPSA) is 102 Å². The van der Waals surface area contributed by atoms with Crippen LogP contribution in [0.1, 0.15) is 63.7 Å². The second-order valence-corrected chi connectivity index (χ2v) is 13.1. The lowest BCUT2D eigenvalue weighted by molar-refractivity contribution is -0.160. The van der Waals surface area contributed by atoms with Crippen LogP contribution in [-0.4, -0.2) is 76.5 Å². The number of hydrogen-bond donors (Lipinski definition) is 1. The van der Waals surface area contributed by atoms with Crippen LogP contribution in [0.3, 0.4) is 0 Å². The Labute approximate surface area is 260 Å². The average molecular weight is 648 g/mol. The van der Waals surface area contributed by atoms with E-state index >= 15 is 4.39 Å². The van der Waals surface area contributed by atoms with Gasteiger partial charge in [-0.2, -0.15) is 23.0 Å². The SMILES string of the molecule is COC1(C)CN(CC2(C=O)CCc3c(-c4ccc(C(=O)O)cc4F)nn(C(=O)c4c(Cl)cccc4C4(C(F)(F)F)CC4)c3C2)C1. The molecule has 3 aromatic rings. The summed E-state index contributed by atoms with van der Waals surface area (Å²) in [5, 5.41) is 13.6. The Morgan fingerprint density at radius 1 is 1.16 bits per heavy atom. The molecule has 2 fully saturated rings. The number of carbonyl (C=O) groups is 3. The van der Waals surface area contributed by atoms with Crippen LogP contribution < -0.4 is 0 Å². The summed E-state index contributed by atoms with van der Waals surface area (Å²) in [5.41, 5.74) is -3.74. The Morgan fingerprint density at radius 3 is 2.44 bits per heavy atom. The van der Waals surface area contributed by atoms with Crippen LogP contribution in [0.25, 0.3) is 11.3 Å². The van der Waals surface area contributed by atoms with Gasteiger partial charge in [-0.3, -0.25) is 9.69 Å². The highest BCUT2D eigenvalue weighted by Gasteiger charge is 2.65. The fourth-order valence-electron chi connectivity index (χ4n) is 6.89. The lowest BCUT2D eigenvalue weighted by atomic mass is 9.72. The second kappa shape index (κ2) is 10.7. The van der Waals surface area contributed by atoms with E-state index in [0.29, 0.717) is 31.6 Å². The Balaban J connectivity index is 1.48. The first kappa shape index (κ1) is 31.4. The van der Waals surface area contributed by atoms with Gasteiger partial charge >= 0.3 is 12.1 Å². The molecule has 0 bridgehead atoms. The maximum atomic E-state index is 15.4. The maximum Gasteiger partial charge on any atom is 0.398 e. The van der Waals surface area contributed by atoms with Crippen LogP contribution in [0, 0.1) is 11.2 Å². The van der Waals surface area contributed by atoms with Crippen LogP contribution in [0.4, 0.5) is 17.6 Å². The summed E-state index contributed by atoms with van der Waals surface area (Å²) >= 11 is 6.44. The summed E-state index contributed by atoms with van der Waals surface area (Å²) in [7, 11) is 1.61. The van der Waals surface area contributed by atoms with Crippen LogP contribution in [0.15, 0.2) is 36.4 Å². The first-order valence-electron chi connectivity index (χ1n) is 14.4. The summed E-state index contributed by atoms with van der Waals surface area (Å²) in [6.07, 6.45) is -3.61. The van der Waals surface area contributed by atoms with E-state index in [2.05, 4.69) is 10.00 Å². The average Bonchev–Trinajstić information content (AvgIpc) is 3.72. The lowest BCUT2D eigenvalue weighted by Crippen LogP contribution is -2.63. The number of alkyl halides is 3. The van der Waals surface area contributed by atoms with Gasteiger partial charge in [0.2, 0.25) is 0 Å². The Morgan fingerprint density at radius 2 is 1.87 bits per heavy atom. The number of hydrogen-bond acceptors (Lipinski definition) is 6. The van der Waals surface area contributed by atoms with Crippen LogP contribution in [0.5, 0.6) is 0 Å². The van der Waals surface area contributed by atoms with Gasteiger partial charge in [0.15, 0.2) is 0 Å². The summed E-state index contributed by atoms with van der Waals surface area (Å²) in [6, 6.07) is 7.22. The van der Waals surface area contributed by atoms with Gasteiger partial charge in [0.05, 0.1) is 38.6 Å². The largest absolute Gasteiger partial charge is 0.478 e. The molecule has 1 saturated heterocycles. The summed E-state index contributed by atoms with van der Waals surface area (Å²) in [5.74, 6) is -3.15. The number of carboxylic acid groups (broad SMARTS) is 1. The molecule has 6 rings (SSSR count). The first-order chi connectivity index (χ1) is 21.2. The predicted molar refractivity (Wildman–Crippen MR) is 155 cm³/mol. The highest BCUT2D eigenvalue weighted by Crippen LogP contribution is 2.60. The van der Waals surface area contributed by atoms with E-state index in [1.165, 1.54) is 30.3 Å². The molecule has 1 aliphatic heterocycles. The van der Waals surface area contributed by atoms with E-state index in [4.69, 9.17) is 16.3 Å². The molecule has 1 N–H and O–H groups in total. The number of nitrogens with zero attached hydrogens (tertiary/aromatic N) is 3. The molecular formula is C32H30ClF4N3O5. The summed E-state index contributed by atoms with van der Waals surface area (Å²) in [6.45, 7) is 3.47. The number of aromatic carboxylic acids is 1. The molecule has 0 amide bonds. The molecule has 8 nitrogen and oxygen atoms in total. The minimum Gasteiger partial charge on any atom is -0.478 e. The zero-order chi connectivity index (χ0) is 32.5. The number of carboxylic acids is 1. The van der Waals surface area contributed by atoms with Gasteiger partial charge in [-0.15, -0.1) is 0 Å². The van der Waals surface area contributed by atoms with E-state index in [1.807, 2.05) is 6.92 Å². The van der Waals surface area contributed by atoms with Gasteiger partial charge in [-0.1, -0.05) is 23.7 Å². The van der Waals surface area contributed by atoms with Crippen molar-refractivity contribution in [3.05, 3.63) is 75.2 Å². The van der Waals surface area contributed by atoms with Gasteiger partial charge in [0.25, 0.3) is 5.91 Å². The number of rotatable bonds is 8. The lowest BCUT2D eigenvalue weighted by Gasteiger charge is -2.50. The minimum absolute atomic E-state index is 0.0177. The zero-order valence-corrected chi connectivity index (χ0v) is 25.3. The third-order valence-electron chi connectivity index (χ3n) is 9.58. The van der Waals surface area contributed by atoms with E-state index in [1.54, 1.807) is 7.11 Å². The van der Waals surface area contributed by atoms with Crippen molar-refractivity contribution in [2.45, 2.75) is 56.2 Å². The number of benzene rings is 2. The van der Waals surface area contributed by atoms with Gasteiger partial charge < -0.3 is 14.6 Å². The molecule has 1 unspecified atom stereocenters. The molecule has 45 heavy (non-hydrogen) atoms. The quantitative estimate of drug-likeness (QED) is 0.247. The van der Waals surface area contributed by atoms with Crippen molar-refractivity contribution in [2.24, 2.45) is 5.41 Å². The molecule has 1 atom stereocenters. The zero-order valence-electron chi connectivity index (χ0n) is 24.5. The number of halogens is 5. The predicted octanol–water partition coefficient (Wildman–Crippen LogP) is 5.72. The number of fused-ring (bicyclic) bond motifs is 1. The van der Waals surface area contributed by atoms with E-state index in [9.17, 15) is 32.7 Å². The number of carbonyl (C=O) groups excluding carboxylic acids is 2. The third-order valence-corrected chi connectivity index (χ3v) is 9.89. The minimum atomic E-state index is -4.63. The van der Waals surface area contributed by atoms with Crippen molar-refractivity contribution >= 4 is 29.8 Å². The number of aromatic nitrogens is 2. The fraction of sp³-hybridized carbons (Fsp3) is 0.438. The van der Waals surface area contributed by atoms with Gasteiger partial charge in [0.1, 0.15) is 12.1 Å². The molecule has 3 aliphatic rings. The summed E-state index contributed by atoms with van der Waals surface area (Å²) < 4.78 is 64.6. The Hall–Kier alpha value is -3.61. The smallest absolute Gasteiger partial charge is 0.398 e. The number of likely N-dealkylation sites (tertiary alicyclic amines) is 1. The number of methoxy groups -OCH3 is 1. The summed E-state index contributed by atoms with van der Waals surface area (Å²) in [4.78, 5) is 40.5. The highest BCUT2D eigenvalue weighted by atomic mass is 35.5. The van der Waals surface area contributed by atoms with Crippen LogP contribution in [0.2, 0.25) is 5.02 Å². The van der Waals surface area contributed by atoms with Crippen molar-refractivity contribution in [3.63, 3.8) is 0 Å². The molecule has 2 heterocycles. The monoisotopic (exact) mass is 647 g/mol. The standard InChI is InChI=1S/C32H30ClF4N3O5/c1-29(45-2)14-39(15-29)16-30(17-41)9-8-20-24(13-30)40(38-26(20)19-7-6-18(28(43)44)12-23(19)34)27(42)25-21(4-3-5-22(25)33)31(10-11-31)32(35,36)37/h3-7,12,17H,8-11,13-16H2,1-2H3,(H,43,44). The van der Waals surface area contributed by atoms with Gasteiger partial charge in [-0.25, -0.2) is 9.18 Å². The Kier molecular flexibility index (Phi) is 7.49. The maximum absolute atomic E-state index is 15.4. The van der Waals surface area contributed by atoms with Crippen LogP contribution in [-0.2, 0) is 27.8 Å². The molecule has 1 aromatic heterocycles. The number of ether oxygens (including phenoxy) is 1. The van der Waals surface area contributed by atoms with Crippen molar-refractivity contribution in [1.82, 2.24) is 14.7 Å². The molecule has 2 aliphatic carbocycles. The van der Waals surface area contributed by atoms with Crippen molar-refractivity contribution in [3.8, 4) is 11.3 Å². The third kappa shape index (κ3) is 5.16. The molecule has 1 saturated carbocycles. The van der Waals surface area contributed by atoms with E-state index in [0.717, 1.165) is 17.0 Å². The molecule has 0 radical (unpaired) electrons. The second-order valence-electron chi connectivity index (χ2n) is 12.7. The highest BCUT2D eigenvalue weighted by molar-refractivity contribution is 6.34. The van der Waals surface area contributed by atoms with Gasteiger partial charge in [0, 0.05) is 49.7 Å². The first-order valence-corrected chi connectivity index (χ1v) is 14.8. The van der Waals surface area contributed by atoms with Crippen molar-refractivity contribution in [2.75, 3.05) is 26.7 Å². The fourth-order valence-corrected chi connectivity index (χ4v) is 7.14.